The minimum absolute atomic E-state index is 0.209. The summed E-state index contributed by atoms with van der Waals surface area (Å²) in [6.45, 7) is 3.74. The lowest BCUT2D eigenvalue weighted by molar-refractivity contribution is -0.225. The molecule has 0 bridgehead atoms. The SMILES string of the molecule is CC1(C)O[C@H]2O[C@H]3[C@H](OCC=C(CO)[C@H]3O)[C@H]2O1. The van der Waals surface area contributed by atoms with E-state index in [0.717, 1.165) is 0 Å². The third-order valence-corrected chi connectivity index (χ3v) is 3.53. The van der Waals surface area contributed by atoms with Crippen LogP contribution in [0.25, 0.3) is 0 Å². The fraction of sp³-hybridized carbons (Fsp3) is 0.833. The predicted octanol–water partition coefficient (Wildman–Crippen LogP) is -0.459. The van der Waals surface area contributed by atoms with Crippen molar-refractivity contribution in [1.82, 2.24) is 0 Å². The van der Waals surface area contributed by atoms with Gasteiger partial charge in [0.1, 0.15) is 24.4 Å². The Balaban J connectivity index is 1.81. The molecule has 2 fully saturated rings. The summed E-state index contributed by atoms with van der Waals surface area (Å²) >= 11 is 0. The smallest absolute Gasteiger partial charge is 0.190 e. The van der Waals surface area contributed by atoms with Gasteiger partial charge in [-0.15, -0.1) is 0 Å². The fourth-order valence-corrected chi connectivity index (χ4v) is 2.70. The minimum Gasteiger partial charge on any atom is -0.392 e. The van der Waals surface area contributed by atoms with Gasteiger partial charge in [-0.25, -0.2) is 0 Å². The van der Waals surface area contributed by atoms with Crippen molar-refractivity contribution < 1.29 is 29.2 Å². The maximum Gasteiger partial charge on any atom is 0.190 e. The van der Waals surface area contributed by atoms with Gasteiger partial charge in [0, 0.05) is 0 Å². The first-order chi connectivity index (χ1) is 8.52. The average molecular weight is 258 g/mol. The molecular weight excluding hydrogens is 240 g/mol. The van der Waals surface area contributed by atoms with Gasteiger partial charge in [0.15, 0.2) is 12.1 Å². The van der Waals surface area contributed by atoms with Crippen LogP contribution in [0.1, 0.15) is 13.8 Å². The summed E-state index contributed by atoms with van der Waals surface area (Å²) in [4.78, 5) is 0. The molecule has 6 nitrogen and oxygen atoms in total. The molecule has 0 aromatic heterocycles. The third-order valence-electron chi connectivity index (χ3n) is 3.53. The molecule has 18 heavy (non-hydrogen) atoms. The highest BCUT2D eigenvalue weighted by Crippen LogP contribution is 2.41. The van der Waals surface area contributed by atoms with Crippen LogP contribution in [0.5, 0.6) is 0 Å². The van der Waals surface area contributed by atoms with Gasteiger partial charge >= 0.3 is 0 Å². The highest BCUT2D eigenvalue weighted by Gasteiger charge is 2.57. The first kappa shape index (κ1) is 12.5. The van der Waals surface area contributed by atoms with Crippen molar-refractivity contribution in [3.63, 3.8) is 0 Å². The summed E-state index contributed by atoms with van der Waals surface area (Å²) in [6.07, 6.45) is -1.01. The second kappa shape index (κ2) is 4.26. The van der Waals surface area contributed by atoms with E-state index in [2.05, 4.69) is 0 Å². The molecule has 3 aliphatic heterocycles. The maximum atomic E-state index is 10.2. The molecule has 6 heteroatoms. The molecule has 0 unspecified atom stereocenters. The molecule has 3 aliphatic rings. The molecule has 0 spiro atoms. The van der Waals surface area contributed by atoms with Crippen LogP contribution in [0.3, 0.4) is 0 Å². The van der Waals surface area contributed by atoms with E-state index in [1.807, 2.05) is 13.8 Å². The lowest BCUT2D eigenvalue weighted by atomic mass is 10.0. The van der Waals surface area contributed by atoms with E-state index in [0.29, 0.717) is 12.2 Å². The van der Waals surface area contributed by atoms with Crippen LogP contribution in [-0.2, 0) is 18.9 Å². The normalized spacial score (nSPS) is 46.2. The van der Waals surface area contributed by atoms with Gasteiger partial charge in [-0.3, -0.25) is 0 Å². The highest BCUT2D eigenvalue weighted by molar-refractivity contribution is 5.16. The maximum absolute atomic E-state index is 10.2. The largest absolute Gasteiger partial charge is 0.392 e. The lowest BCUT2D eigenvalue weighted by Crippen LogP contribution is -2.42. The lowest BCUT2D eigenvalue weighted by Gasteiger charge is -2.27. The molecule has 2 N–H and O–H groups in total. The number of aliphatic hydroxyl groups excluding tert-OH is 2. The Morgan fingerprint density at radius 3 is 2.78 bits per heavy atom. The molecule has 0 aromatic carbocycles. The highest BCUT2D eigenvalue weighted by atomic mass is 16.8. The summed E-state index contributed by atoms with van der Waals surface area (Å²) in [7, 11) is 0. The topological polar surface area (TPSA) is 77.4 Å². The van der Waals surface area contributed by atoms with Gasteiger partial charge in [0.2, 0.25) is 0 Å². The molecule has 0 amide bonds. The zero-order valence-corrected chi connectivity index (χ0v) is 10.4. The Morgan fingerprint density at radius 2 is 2.06 bits per heavy atom. The quantitative estimate of drug-likeness (QED) is 0.620. The van der Waals surface area contributed by atoms with Gasteiger partial charge in [-0.2, -0.15) is 0 Å². The number of fused-ring (bicyclic) bond motifs is 3. The molecule has 102 valence electrons. The second-order valence-electron chi connectivity index (χ2n) is 5.25. The van der Waals surface area contributed by atoms with Crippen molar-refractivity contribution in [2.24, 2.45) is 0 Å². The van der Waals surface area contributed by atoms with E-state index in [1.165, 1.54) is 0 Å². The van der Waals surface area contributed by atoms with Gasteiger partial charge in [0.25, 0.3) is 0 Å². The summed E-state index contributed by atoms with van der Waals surface area (Å²) < 4.78 is 22.7. The predicted molar refractivity (Wildman–Crippen MR) is 59.6 cm³/mol. The van der Waals surface area contributed by atoms with Crippen LogP contribution in [0, 0.1) is 0 Å². The molecule has 0 aromatic rings. The summed E-state index contributed by atoms with van der Waals surface area (Å²) in [5.74, 6) is -0.700. The average Bonchev–Trinajstić information content (AvgIpc) is 2.71. The van der Waals surface area contributed by atoms with Crippen LogP contribution >= 0.6 is 0 Å². The first-order valence-electron chi connectivity index (χ1n) is 6.12. The Labute approximate surface area is 105 Å². The van der Waals surface area contributed by atoms with Gasteiger partial charge in [0.05, 0.1) is 13.2 Å². The van der Waals surface area contributed by atoms with Crippen molar-refractivity contribution in [2.75, 3.05) is 13.2 Å². The van der Waals surface area contributed by atoms with Crippen LogP contribution < -0.4 is 0 Å². The second-order valence-corrected chi connectivity index (χ2v) is 5.25. The molecule has 2 saturated heterocycles. The number of hydrogen-bond acceptors (Lipinski definition) is 6. The van der Waals surface area contributed by atoms with Crippen LogP contribution in [0.2, 0.25) is 0 Å². The van der Waals surface area contributed by atoms with Crippen molar-refractivity contribution >= 4 is 0 Å². The van der Waals surface area contributed by atoms with Gasteiger partial charge in [-0.05, 0) is 19.4 Å². The Kier molecular flexibility index (Phi) is 2.97. The molecule has 0 aliphatic carbocycles. The third kappa shape index (κ3) is 1.89. The number of ether oxygens (including phenoxy) is 4. The van der Waals surface area contributed by atoms with Gasteiger partial charge in [-0.1, -0.05) is 6.08 Å². The van der Waals surface area contributed by atoms with E-state index in [-0.39, 0.29) is 18.8 Å². The van der Waals surface area contributed by atoms with E-state index < -0.39 is 24.3 Å². The molecule has 0 radical (unpaired) electrons. The standard InChI is InChI=1S/C12H18O6/c1-12(2)17-10-9-8(16-11(10)18-12)7(14)6(5-13)3-4-15-9/h3,7-11,13-14H,4-5H2,1-2H3/t7-,8-,9+,10-,11-/m1/s1. The zero-order valence-electron chi connectivity index (χ0n) is 10.4. The van der Waals surface area contributed by atoms with Gasteiger partial charge < -0.3 is 29.2 Å². The van der Waals surface area contributed by atoms with Crippen molar-refractivity contribution in [3.05, 3.63) is 11.6 Å². The molecule has 3 heterocycles. The Bertz CT molecular complexity index is 366. The Hall–Kier alpha value is -0.500. The number of hydrogen-bond donors (Lipinski definition) is 2. The number of rotatable bonds is 1. The molecular formula is C12H18O6. The van der Waals surface area contributed by atoms with Crippen LogP contribution in [0.15, 0.2) is 11.6 Å². The van der Waals surface area contributed by atoms with E-state index in [9.17, 15) is 10.2 Å². The van der Waals surface area contributed by atoms with Crippen molar-refractivity contribution in [1.29, 1.82) is 0 Å². The van der Waals surface area contributed by atoms with Crippen LogP contribution in [0.4, 0.5) is 0 Å². The summed E-state index contributed by atoms with van der Waals surface area (Å²) in [6, 6.07) is 0. The molecule has 5 atom stereocenters. The monoisotopic (exact) mass is 258 g/mol. The number of aliphatic hydroxyl groups is 2. The summed E-state index contributed by atoms with van der Waals surface area (Å²) in [5, 5.41) is 19.4. The summed E-state index contributed by atoms with van der Waals surface area (Å²) in [5.41, 5.74) is 0.515. The van der Waals surface area contributed by atoms with Crippen molar-refractivity contribution in [2.45, 2.75) is 50.3 Å². The molecule has 3 rings (SSSR count). The van der Waals surface area contributed by atoms with E-state index in [4.69, 9.17) is 18.9 Å². The first-order valence-corrected chi connectivity index (χ1v) is 6.12. The van der Waals surface area contributed by atoms with Crippen molar-refractivity contribution in [3.8, 4) is 0 Å². The minimum atomic E-state index is -0.886. The van der Waals surface area contributed by atoms with E-state index >= 15 is 0 Å². The Morgan fingerprint density at radius 1 is 1.28 bits per heavy atom. The molecule has 0 saturated carbocycles. The van der Waals surface area contributed by atoms with E-state index in [1.54, 1.807) is 6.08 Å². The zero-order chi connectivity index (χ0) is 12.9. The fourth-order valence-electron chi connectivity index (χ4n) is 2.70. The van der Waals surface area contributed by atoms with Crippen LogP contribution in [-0.4, -0.2) is 59.9 Å².